The van der Waals surface area contributed by atoms with Crippen LogP contribution in [0.1, 0.15) is 5.69 Å². The maximum Gasteiger partial charge on any atom is 0.149 e. The summed E-state index contributed by atoms with van der Waals surface area (Å²) < 4.78 is 0. The van der Waals surface area contributed by atoms with Crippen LogP contribution in [0.15, 0.2) is 24.5 Å². The molecule has 0 unspecified atom stereocenters. The van der Waals surface area contributed by atoms with Crippen molar-refractivity contribution in [3.63, 3.8) is 0 Å². The van der Waals surface area contributed by atoms with Crippen LogP contribution in [0, 0.1) is 6.92 Å². The number of pyridine rings is 2. The molecule has 0 aliphatic heterocycles. The van der Waals surface area contributed by atoms with E-state index < -0.39 is 0 Å². The summed E-state index contributed by atoms with van der Waals surface area (Å²) >= 11 is 12.4. The van der Waals surface area contributed by atoms with E-state index in [2.05, 4.69) is 33.3 Å². The molecular formula is C15H13Cl2N4P. The Hall–Kier alpha value is -1.35. The quantitative estimate of drug-likeness (QED) is 0.653. The minimum absolute atomic E-state index is 0.309. The van der Waals surface area contributed by atoms with Crippen LogP contribution in [0.2, 0.25) is 10.0 Å². The Morgan fingerprint density at radius 2 is 1.64 bits per heavy atom. The molecule has 4 nitrogen and oxygen atoms in total. The topological polar surface area (TPSA) is 51.6 Å². The molecule has 0 saturated carbocycles. The lowest BCUT2D eigenvalue weighted by Crippen LogP contribution is -2.09. The van der Waals surface area contributed by atoms with E-state index >= 15 is 0 Å². The first-order chi connectivity index (χ1) is 10.5. The molecule has 3 aromatic heterocycles. The molecule has 0 radical (unpaired) electrons. The van der Waals surface area contributed by atoms with E-state index in [1.807, 2.05) is 19.1 Å². The summed E-state index contributed by atoms with van der Waals surface area (Å²) in [5.74, 6) is 0. The monoisotopic (exact) mass is 350 g/mol. The predicted molar refractivity (Wildman–Crippen MR) is 93.7 cm³/mol. The van der Waals surface area contributed by atoms with Crippen LogP contribution in [-0.4, -0.2) is 33.3 Å². The Balaban J connectivity index is 2.12. The summed E-state index contributed by atoms with van der Waals surface area (Å²) in [6.07, 6.45) is 3.58. The van der Waals surface area contributed by atoms with E-state index in [0.717, 1.165) is 22.3 Å². The zero-order chi connectivity index (χ0) is 15.9. The van der Waals surface area contributed by atoms with Gasteiger partial charge in [-0.25, -0.2) is 19.9 Å². The molecule has 112 valence electrons. The molecule has 0 aliphatic carbocycles. The van der Waals surface area contributed by atoms with Gasteiger partial charge in [0.2, 0.25) is 0 Å². The van der Waals surface area contributed by atoms with Gasteiger partial charge >= 0.3 is 0 Å². The summed E-state index contributed by atoms with van der Waals surface area (Å²) in [4.78, 5) is 17.8. The second-order valence-electron chi connectivity index (χ2n) is 5.06. The third-order valence-corrected chi connectivity index (χ3v) is 5.17. The molecule has 0 N–H and O–H groups in total. The van der Waals surface area contributed by atoms with Crippen LogP contribution in [0.4, 0.5) is 0 Å². The van der Waals surface area contributed by atoms with E-state index in [1.165, 1.54) is 0 Å². The zero-order valence-corrected chi connectivity index (χ0v) is 14.7. The lowest BCUT2D eigenvalue weighted by atomic mass is 10.2. The van der Waals surface area contributed by atoms with E-state index in [1.54, 1.807) is 12.4 Å². The number of aromatic nitrogens is 4. The van der Waals surface area contributed by atoms with Crippen molar-refractivity contribution in [3.8, 4) is 11.3 Å². The highest BCUT2D eigenvalue weighted by atomic mass is 35.5. The average molecular weight is 351 g/mol. The number of rotatable bonds is 2. The maximum atomic E-state index is 6.29. The fraction of sp³-hybridized carbons (Fsp3) is 0.200. The highest BCUT2D eigenvalue weighted by Crippen LogP contribution is 2.32. The minimum atomic E-state index is -0.309. The molecule has 0 fully saturated rings. The van der Waals surface area contributed by atoms with Gasteiger partial charge in [0, 0.05) is 18.0 Å². The maximum absolute atomic E-state index is 6.29. The summed E-state index contributed by atoms with van der Waals surface area (Å²) in [7, 11) is -0.309. The molecule has 0 saturated heterocycles. The van der Waals surface area contributed by atoms with Gasteiger partial charge in [0.1, 0.15) is 11.1 Å². The van der Waals surface area contributed by atoms with E-state index in [4.69, 9.17) is 23.2 Å². The minimum Gasteiger partial charge on any atom is -0.250 e. The molecule has 0 aromatic carbocycles. The van der Waals surface area contributed by atoms with E-state index in [9.17, 15) is 0 Å². The molecule has 3 rings (SSSR count). The molecule has 0 atom stereocenters. The van der Waals surface area contributed by atoms with Crippen molar-refractivity contribution < 1.29 is 0 Å². The molecule has 0 amide bonds. The smallest absolute Gasteiger partial charge is 0.149 e. The standard InChI is InChI=1S/C15H13Cl2N4P/c1-8-12(16)13(17)14-11(20-8)5-4-10(21-14)9-6-18-15(19-7-9)22(2)3/h4-7H,1-3H3. The third-order valence-electron chi connectivity index (χ3n) is 3.21. The molecule has 3 heterocycles. The van der Waals surface area contributed by atoms with Crippen LogP contribution < -0.4 is 5.57 Å². The second kappa shape index (κ2) is 6.04. The summed E-state index contributed by atoms with van der Waals surface area (Å²) in [5.41, 5.74) is 4.47. The molecule has 0 bridgehead atoms. The van der Waals surface area contributed by atoms with Gasteiger partial charge < -0.3 is 0 Å². The Labute approximate surface area is 139 Å². The first-order valence-corrected chi connectivity index (χ1v) is 9.58. The molecule has 0 spiro atoms. The highest BCUT2D eigenvalue weighted by Gasteiger charge is 2.12. The van der Waals surface area contributed by atoms with E-state index in [-0.39, 0.29) is 7.92 Å². The number of aryl methyl sites for hydroxylation is 1. The lowest BCUT2D eigenvalue weighted by Gasteiger charge is -2.08. The number of hydrogen-bond acceptors (Lipinski definition) is 4. The van der Waals surface area contributed by atoms with E-state index in [0.29, 0.717) is 21.3 Å². The van der Waals surface area contributed by atoms with Crippen LogP contribution >= 0.6 is 31.1 Å². The van der Waals surface area contributed by atoms with Gasteiger partial charge in [-0.3, -0.25) is 0 Å². The largest absolute Gasteiger partial charge is 0.250 e. The van der Waals surface area contributed by atoms with Crippen molar-refractivity contribution in [1.82, 2.24) is 19.9 Å². The van der Waals surface area contributed by atoms with Crippen molar-refractivity contribution in [2.24, 2.45) is 0 Å². The Kier molecular flexibility index (Phi) is 4.26. The lowest BCUT2D eigenvalue weighted by molar-refractivity contribution is 1.21. The molecule has 3 aromatic rings. The second-order valence-corrected chi connectivity index (χ2v) is 8.00. The molecule has 22 heavy (non-hydrogen) atoms. The Bertz CT molecular complexity index is 850. The molecule has 7 heteroatoms. The zero-order valence-electron chi connectivity index (χ0n) is 12.3. The number of hydrogen-bond donors (Lipinski definition) is 0. The van der Waals surface area contributed by atoms with Crippen LogP contribution in [0.3, 0.4) is 0 Å². The SMILES string of the molecule is Cc1nc2ccc(-c3cnc(P(C)C)nc3)nc2c(Cl)c1Cl. The fourth-order valence-corrected chi connectivity index (χ4v) is 3.03. The summed E-state index contributed by atoms with van der Waals surface area (Å²) in [5, 5.41) is 0.863. The number of halogens is 2. The Morgan fingerprint density at radius 3 is 2.27 bits per heavy atom. The normalized spacial score (nSPS) is 11.4. The van der Waals surface area contributed by atoms with Crippen molar-refractivity contribution in [2.75, 3.05) is 13.3 Å². The van der Waals surface area contributed by atoms with Crippen molar-refractivity contribution in [1.29, 1.82) is 0 Å². The summed E-state index contributed by atoms with van der Waals surface area (Å²) in [6.45, 7) is 6.06. The van der Waals surface area contributed by atoms with Crippen molar-refractivity contribution in [2.45, 2.75) is 6.92 Å². The van der Waals surface area contributed by atoms with Gasteiger partial charge in [-0.15, -0.1) is 0 Å². The number of fused-ring (bicyclic) bond motifs is 1. The van der Waals surface area contributed by atoms with Crippen LogP contribution in [0.5, 0.6) is 0 Å². The van der Waals surface area contributed by atoms with Gasteiger partial charge in [0.15, 0.2) is 0 Å². The average Bonchev–Trinajstić information content (AvgIpc) is 2.52. The van der Waals surface area contributed by atoms with Crippen molar-refractivity contribution >= 4 is 47.7 Å². The van der Waals surface area contributed by atoms with Gasteiger partial charge in [-0.05, 0) is 40.3 Å². The first-order valence-electron chi connectivity index (χ1n) is 6.59. The first kappa shape index (κ1) is 15.5. The van der Waals surface area contributed by atoms with Gasteiger partial charge in [0.05, 0.1) is 26.9 Å². The number of nitrogens with zero attached hydrogens (tertiary/aromatic N) is 4. The third kappa shape index (κ3) is 2.79. The Morgan fingerprint density at radius 1 is 0.955 bits per heavy atom. The van der Waals surface area contributed by atoms with Crippen LogP contribution in [0.25, 0.3) is 22.3 Å². The highest BCUT2D eigenvalue weighted by molar-refractivity contribution is 7.63. The van der Waals surface area contributed by atoms with Crippen LogP contribution in [-0.2, 0) is 0 Å². The molecule has 0 aliphatic rings. The fourth-order valence-electron chi connectivity index (χ4n) is 2.04. The molecular weight excluding hydrogens is 338 g/mol. The van der Waals surface area contributed by atoms with Crippen molar-refractivity contribution in [3.05, 3.63) is 40.3 Å². The van der Waals surface area contributed by atoms with Gasteiger partial charge in [-0.2, -0.15) is 0 Å². The van der Waals surface area contributed by atoms with Gasteiger partial charge in [0.25, 0.3) is 0 Å². The summed E-state index contributed by atoms with van der Waals surface area (Å²) in [6, 6.07) is 3.77. The van der Waals surface area contributed by atoms with Gasteiger partial charge in [-0.1, -0.05) is 23.2 Å². The predicted octanol–water partition coefficient (Wildman–Crippen LogP) is 4.07.